The standard InChI is InChI=1S/C26H28F4N2O6S2/c27-22-14-23(19(17-5-6-17)13-20(22)25(33)31-39(34,35)18-7-8-18)38-15-16-9-11-32(12-10-16)40(36,37)24-4-2-1-3-21(24)26(28,29)30/h1-4,13-14,16-18H,5-12,15H2,(H,31,33). The van der Waals surface area contributed by atoms with E-state index in [-0.39, 0.29) is 42.8 Å². The van der Waals surface area contributed by atoms with Crippen LogP contribution >= 0.6 is 0 Å². The Hall–Kier alpha value is -2.71. The van der Waals surface area contributed by atoms with E-state index >= 15 is 0 Å². The highest BCUT2D eigenvalue weighted by molar-refractivity contribution is 7.91. The first-order valence-corrected chi connectivity index (χ1v) is 15.9. The van der Waals surface area contributed by atoms with Crippen LogP contribution in [0.4, 0.5) is 17.6 Å². The third-order valence-electron chi connectivity index (χ3n) is 7.42. The Morgan fingerprint density at radius 2 is 1.62 bits per heavy atom. The van der Waals surface area contributed by atoms with Gasteiger partial charge in [-0.1, -0.05) is 12.1 Å². The number of ether oxygens (including phenoxy) is 1. The van der Waals surface area contributed by atoms with Crippen LogP contribution in [0.25, 0.3) is 0 Å². The molecule has 14 heteroatoms. The molecule has 1 heterocycles. The first-order valence-electron chi connectivity index (χ1n) is 13.0. The van der Waals surface area contributed by atoms with Gasteiger partial charge in [0.15, 0.2) is 0 Å². The number of hydrogen-bond acceptors (Lipinski definition) is 6. The average molecular weight is 605 g/mol. The van der Waals surface area contributed by atoms with Crippen LogP contribution in [0.15, 0.2) is 41.3 Å². The second-order valence-corrected chi connectivity index (χ2v) is 14.3. The summed E-state index contributed by atoms with van der Waals surface area (Å²) in [6, 6.07) is 6.48. The molecule has 1 aliphatic heterocycles. The number of amides is 1. The van der Waals surface area contributed by atoms with Gasteiger partial charge in [0.05, 0.1) is 27.9 Å². The van der Waals surface area contributed by atoms with Crippen molar-refractivity contribution in [1.29, 1.82) is 0 Å². The SMILES string of the molecule is O=C(NS(=O)(=O)C1CC1)c1cc(C2CC2)c(OCC2CCN(S(=O)(=O)c3ccccc3C(F)(F)F)CC2)cc1F. The summed E-state index contributed by atoms with van der Waals surface area (Å²) in [5, 5.41) is -0.634. The molecule has 0 radical (unpaired) electrons. The van der Waals surface area contributed by atoms with Crippen molar-refractivity contribution in [2.75, 3.05) is 19.7 Å². The Bertz CT molecular complexity index is 1510. The number of sulfonamides is 2. The topological polar surface area (TPSA) is 110 Å². The van der Waals surface area contributed by atoms with Crippen molar-refractivity contribution in [3.8, 4) is 5.75 Å². The molecule has 1 saturated heterocycles. The Balaban J connectivity index is 1.24. The van der Waals surface area contributed by atoms with E-state index in [0.29, 0.717) is 31.2 Å². The molecule has 2 saturated carbocycles. The fourth-order valence-electron chi connectivity index (χ4n) is 4.82. The molecule has 5 rings (SSSR count). The number of carbonyl (C=O) groups is 1. The van der Waals surface area contributed by atoms with Crippen LogP contribution in [-0.2, 0) is 26.2 Å². The predicted molar refractivity (Wildman–Crippen MR) is 136 cm³/mol. The Morgan fingerprint density at radius 1 is 0.975 bits per heavy atom. The molecule has 2 aliphatic carbocycles. The summed E-state index contributed by atoms with van der Waals surface area (Å²) in [4.78, 5) is 11.7. The van der Waals surface area contributed by atoms with Gasteiger partial charge in [0.25, 0.3) is 5.91 Å². The zero-order valence-electron chi connectivity index (χ0n) is 21.3. The smallest absolute Gasteiger partial charge is 0.417 e. The number of benzene rings is 2. The predicted octanol–water partition coefficient (Wildman–Crippen LogP) is 4.42. The van der Waals surface area contributed by atoms with E-state index < -0.39 is 53.7 Å². The van der Waals surface area contributed by atoms with Gasteiger partial charge < -0.3 is 4.74 Å². The van der Waals surface area contributed by atoms with Crippen LogP contribution < -0.4 is 9.46 Å². The van der Waals surface area contributed by atoms with Crippen LogP contribution in [0.2, 0.25) is 0 Å². The molecule has 0 bridgehead atoms. The van der Waals surface area contributed by atoms with Crippen molar-refractivity contribution in [3.63, 3.8) is 0 Å². The van der Waals surface area contributed by atoms with Crippen molar-refractivity contribution >= 4 is 26.0 Å². The normalized spacial score (nSPS) is 19.4. The van der Waals surface area contributed by atoms with Crippen molar-refractivity contribution in [2.45, 2.75) is 60.8 Å². The zero-order valence-corrected chi connectivity index (χ0v) is 22.9. The molecule has 3 fully saturated rings. The lowest BCUT2D eigenvalue weighted by molar-refractivity contribution is -0.139. The number of alkyl halides is 3. The first kappa shape index (κ1) is 28.8. The summed E-state index contributed by atoms with van der Waals surface area (Å²) in [5.41, 5.74) is -0.993. The minimum atomic E-state index is -4.81. The second kappa shape index (κ2) is 10.6. The van der Waals surface area contributed by atoms with Gasteiger partial charge in [0.2, 0.25) is 20.0 Å². The molecule has 2 aromatic carbocycles. The van der Waals surface area contributed by atoms with Crippen molar-refractivity contribution < 1.29 is 43.9 Å². The van der Waals surface area contributed by atoms with Gasteiger partial charge in [-0.3, -0.25) is 4.79 Å². The minimum absolute atomic E-state index is 0.000964. The van der Waals surface area contributed by atoms with Gasteiger partial charge in [-0.15, -0.1) is 0 Å². The van der Waals surface area contributed by atoms with Gasteiger partial charge in [0.1, 0.15) is 11.6 Å². The molecular formula is C26H28F4N2O6S2. The maximum atomic E-state index is 14.9. The second-order valence-electron chi connectivity index (χ2n) is 10.5. The maximum Gasteiger partial charge on any atom is 0.417 e. The van der Waals surface area contributed by atoms with Crippen LogP contribution in [0.5, 0.6) is 5.75 Å². The molecule has 0 unspecified atom stereocenters. The molecular weight excluding hydrogens is 576 g/mol. The third-order valence-corrected chi connectivity index (χ3v) is 11.2. The molecule has 0 spiro atoms. The quantitative estimate of drug-likeness (QED) is 0.425. The van der Waals surface area contributed by atoms with E-state index in [4.69, 9.17) is 4.74 Å². The molecule has 1 amide bonds. The average Bonchev–Trinajstić information content (AvgIpc) is 3.80. The van der Waals surface area contributed by atoms with Gasteiger partial charge >= 0.3 is 6.18 Å². The molecule has 3 aliphatic rings. The summed E-state index contributed by atoms with van der Waals surface area (Å²) < 4.78 is 114. The number of nitrogens with one attached hydrogen (secondary N) is 1. The van der Waals surface area contributed by atoms with Gasteiger partial charge in [-0.25, -0.2) is 25.9 Å². The number of piperidine rings is 1. The molecule has 8 nitrogen and oxygen atoms in total. The molecule has 1 N–H and O–H groups in total. The highest BCUT2D eigenvalue weighted by Crippen LogP contribution is 2.45. The Labute approximate surface area is 229 Å². The van der Waals surface area contributed by atoms with Crippen molar-refractivity contribution in [3.05, 3.63) is 58.9 Å². The van der Waals surface area contributed by atoms with Crippen LogP contribution in [-0.4, -0.2) is 52.0 Å². The summed E-state index contributed by atoms with van der Waals surface area (Å²) >= 11 is 0. The molecule has 40 heavy (non-hydrogen) atoms. The van der Waals surface area contributed by atoms with Crippen LogP contribution in [0.3, 0.4) is 0 Å². The number of carbonyl (C=O) groups excluding carboxylic acids is 1. The van der Waals surface area contributed by atoms with Crippen molar-refractivity contribution in [1.82, 2.24) is 9.03 Å². The van der Waals surface area contributed by atoms with Gasteiger partial charge in [-0.05, 0) is 74.1 Å². The Kier molecular flexibility index (Phi) is 7.64. The van der Waals surface area contributed by atoms with Crippen LogP contribution in [0, 0.1) is 11.7 Å². The van der Waals surface area contributed by atoms with E-state index in [2.05, 4.69) is 0 Å². The lowest BCUT2D eigenvalue weighted by atomic mass is 9.99. The highest BCUT2D eigenvalue weighted by atomic mass is 32.2. The fourth-order valence-corrected chi connectivity index (χ4v) is 7.79. The summed E-state index contributed by atoms with van der Waals surface area (Å²) in [6.45, 7) is 0.121. The number of nitrogens with zero attached hydrogens (tertiary/aromatic N) is 1. The number of rotatable bonds is 9. The van der Waals surface area contributed by atoms with Gasteiger partial charge in [-0.2, -0.15) is 17.5 Å². The maximum absolute atomic E-state index is 14.9. The molecule has 218 valence electrons. The summed E-state index contributed by atoms with van der Waals surface area (Å²) in [6.07, 6.45) is -1.64. The van der Waals surface area contributed by atoms with E-state index in [1.165, 1.54) is 12.1 Å². The fraction of sp³-hybridized carbons (Fsp3) is 0.500. The number of halogens is 4. The lowest BCUT2D eigenvalue weighted by Crippen LogP contribution is -2.40. The van der Waals surface area contributed by atoms with E-state index in [1.54, 1.807) is 0 Å². The largest absolute Gasteiger partial charge is 0.493 e. The molecule has 0 atom stereocenters. The monoisotopic (exact) mass is 604 g/mol. The first-order chi connectivity index (χ1) is 18.8. The number of hydrogen-bond donors (Lipinski definition) is 1. The summed E-state index contributed by atoms with van der Waals surface area (Å²) in [5.74, 6) is -1.81. The third kappa shape index (κ3) is 6.13. The van der Waals surface area contributed by atoms with E-state index in [0.717, 1.165) is 41.4 Å². The minimum Gasteiger partial charge on any atom is -0.493 e. The summed E-state index contributed by atoms with van der Waals surface area (Å²) in [7, 11) is -8.21. The van der Waals surface area contributed by atoms with Gasteiger partial charge in [0, 0.05) is 19.2 Å². The van der Waals surface area contributed by atoms with E-state index in [1.807, 2.05) is 4.72 Å². The van der Waals surface area contributed by atoms with Crippen LogP contribution in [0.1, 0.15) is 65.9 Å². The zero-order chi connectivity index (χ0) is 28.9. The van der Waals surface area contributed by atoms with Crippen molar-refractivity contribution in [2.24, 2.45) is 5.92 Å². The molecule has 0 aromatic heterocycles. The molecule has 2 aromatic rings. The lowest BCUT2D eigenvalue weighted by Gasteiger charge is -2.32. The van der Waals surface area contributed by atoms with E-state index in [9.17, 15) is 39.2 Å². The Morgan fingerprint density at radius 3 is 2.23 bits per heavy atom. The highest BCUT2D eigenvalue weighted by Gasteiger charge is 2.40.